The predicted molar refractivity (Wildman–Crippen MR) is 58.2 cm³/mol. The minimum atomic E-state index is -0.0390. The zero-order valence-corrected chi connectivity index (χ0v) is 9.42. The lowest BCUT2D eigenvalue weighted by atomic mass is 9.94. The molecule has 1 unspecified atom stereocenters. The lowest BCUT2D eigenvalue weighted by Gasteiger charge is -2.15. The van der Waals surface area contributed by atoms with E-state index in [1.807, 2.05) is 13.8 Å². The van der Waals surface area contributed by atoms with Crippen molar-refractivity contribution in [3.8, 4) is 0 Å². The Morgan fingerprint density at radius 3 is 2.71 bits per heavy atom. The van der Waals surface area contributed by atoms with Crippen LogP contribution < -0.4 is 0 Å². The van der Waals surface area contributed by atoms with Gasteiger partial charge in [0.2, 0.25) is 0 Å². The van der Waals surface area contributed by atoms with Gasteiger partial charge in [-0.05, 0) is 46.0 Å². The number of rotatable bonds is 8. The monoisotopic (exact) mass is 198 g/mol. The molecule has 0 bridgehead atoms. The topological polar surface area (TPSA) is 18.5 Å². The van der Waals surface area contributed by atoms with Crippen molar-refractivity contribution >= 4 is 0 Å². The highest BCUT2D eigenvalue weighted by Gasteiger charge is 2.05. The maximum Gasteiger partial charge on any atom is 0.154 e. The van der Waals surface area contributed by atoms with E-state index < -0.39 is 0 Å². The van der Waals surface area contributed by atoms with E-state index in [9.17, 15) is 0 Å². The second-order valence-corrected chi connectivity index (χ2v) is 3.75. The molecule has 0 heterocycles. The predicted octanol–water partition coefficient (Wildman–Crippen LogP) is 3.28. The molecular weight excluding hydrogens is 176 g/mol. The van der Waals surface area contributed by atoms with Gasteiger partial charge in [-0.2, -0.15) is 0 Å². The van der Waals surface area contributed by atoms with Crippen LogP contribution in [0.1, 0.15) is 46.0 Å². The fourth-order valence-electron chi connectivity index (χ4n) is 1.56. The van der Waals surface area contributed by atoms with E-state index >= 15 is 0 Å². The van der Waals surface area contributed by atoms with Gasteiger partial charge >= 0.3 is 0 Å². The number of unbranched alkanes of at least 4 members (excludes halogenated alkanes) is 1. The largest absolute Gasteiger partial charge is 0.353 e. The van der Waals surface area contributed by atoms with Gasteiger partial charge in [-0.1, -0.05) is 11.6 Å². The van der Waals surface area contributed by atoms with E-state index in [4.69, 9.17) is 9.47 Å². The van der Waals surface area contributed by atoms with Gasteiger partial charge < -0.3 is 9.47 Å². The van der Waals surface area contributed by atoms with Gasteiger partial charge in [0.15, 0.2) is 6.29 Å². The van der Waals surface area contributed by atoms with Crippen molar-refractivity contribution in [2.75, 3.05) is 13.2 Å². The van der Waals surface area contributed by atoms with Crippen molar-refractivity contribution in [2.45, 2.75) is 52.2 Å². The minimum absolute atomic E-state index is 0.0390. The molecule has 0 spiro atoms. The average molecular weight is 198 g/mol. The summed E-state index contributed by atoms with van der Waals surface area (Å²) in [6.45, 7) is 5.50. The van der Waals surface area contributed by atoms with Crippen LogP contribution in [0, 0.1) is 0 Å². The van der Waals surface area contributed by atoms with Crippen LogP contribution >= 0.6 is 0 Å². The smallest absolute Gasteiger partial charge is 0.154 e. The first-order valence-electron chi connectivity index (χ1n) is 5.74. The van der Waals surface area contributed by atoms with Crippen LogP contribution in [0.15, 0.2) is 11.6 Å². The minimum Gasteiger partial charge on any atom is -0.353 e. The Labute approximate surface area is 87.3 Å². The van der Waals surface area contributed by atoms with Gasteiger partial charge in [0.25, 0.3) is 0 Å². The highest BCUT2D eigenvalue weighted by molar-refractivity contribution is 5.11. The molecule has 82 valence electrons. The Kier molecular flexibility index (Phi) is 5.88. The summed E-state index contributed by atoms with van der Waals surface area (Å²) < 4.78 is 10.7. The second kappa shape index (κ2) is 7.02. The molecule has 1 atom stereocenters. The third kappa shape index (κ3) is 4.77. The standard InChI is InChI=1S/C12H22O2/c1-3-13-11(2)14-10-5-4-7-12-8-6-9-12/h8,11H,3-7,9-10H2,1-2H3. The molecule has 0 saturated carbocycles. The Bertz CT molecular complexity index is 175. The Morgan fingerprint density at radius 2 is 2.14 bits per heavy atom. The van der Waals surface area contributed by atoms with Gasteiger partial charge in [-0.25, -0.2) is 0 Å². The summed E-state index contributed by atoms with van der Waals surface area (Å²) in [5.41, 5.74) is 1.64. The van der Waals surface area contributed by atoms with Crippen LogP contribution in [-0.2, 0) is 9.47 Å². The molecule has 0 saturated heterocycles. The molecule has 0 amide bonds. The Balaban J connectivity index is 1.83. The first-order chi connectivity index (χ1) is 6.83. The summed E-state index contributed by atoms with van der Waals surface area (Å²) in [6.07, 6.45) is 8.61. The molecule has 0 aromatic rings. The summed E-state index contributed by atoms with van der Waals surface area (Å²) >= 11 is 0. The first-order valence-corrected chi connectivity index (χ1v) is 5.74. The van der Waals surface area contributed by atoms with E-state index in [-0.39, 0.29) is 6.29 Å². The molecule has 2 nitrogen and oxygen atoms in total. The molecule has 1 rings (SSSR count). The lowest BCUT2D eigenvalue weighted by molar-refractivity contribution is -0.127. The van der Waals surface area contributed by atoms with Crippen LogP contribution in [0.5, 0.6) is 0 Å². The fraction of sp³-hybridized carbons (Fsp3) is 0.833. The molecule has 14 heavy (non-hydrogen) atoms. The van der Waals surface area contributed by atoms with Gasteiger partial charge in [0, 0.05) is 13.2 Å². The van der Waals surface area contributed by atoms with E-state index in [1.165, 1.54) is 25.7 Å². The summed E-state index contributed by atoms with van der Waals surface area (Å²) in [7, 11) is 0. The number of hydrogen-bond donors (Lipinski definition) is 0. The normalized spacial score (nSPS) is 17.4. The summed E-state index contributed by atoms with van der Waals surface area (Å²) in [5.74, 6) is 0. The van der Waals surface area contributed by atoms with Crippen molar-refractivity contribution < 1.29 is 9.47 Å². The zero-order valence-electron chi connectivity index (χ0n) is 9.42. The Hall–Kier alpha value is -0.340. The second-order valence-electron chi connectivity index (χ2n) is 3.75. The average Bonchev–Trinajstić information content (AvgIpc) is 2.08. The molecule has 0 radical (unpaired) electrons. The quantitative estimate of drug-likeness (QED) is 0.338. The maximum absolute atomic E-state index is 5.47. The van der Waals surface area contributed by atoms with Gasteiger partial charge in [0.1, 0.15) is 0 Å². The molecule has 0 aromatic heterocycles. The molecule has 0 fully saturated rings. The van der Waals surface area contributed by atoms with Crippen molar-refractivity contribution in [3.63, 3.8) is 0 Å². The molecule has 0 aromatic carbocycles. The van der Waals surface area contributed by atoms with Gasteiger partial charge in [0.05, 0.1) is 0 Å². The third-order valence-electron chi connectivity index (χ3n) is 2.54. The van der Waals surface area contributed by atoms with Crippen LogP contribution in [0.2, 0.25) is 0 Å². The third-order valence-corrected chi connectivity index (χ3v) is 2.54. The van der Waals surface area contributed by atoms with Crippen LogP contribution in [0.3, 0.4) is 0 Å². The molecule has 1 aliphatic carbocycles. The fourth-order valence-corrected chi connectivity index (χ4v) is 1.56. The van der Waals surface area contributed by atoms with Crippen LogP contribution in [-0.4, -0.2) is 19.5 Å². The Morgan fingerprint density at radius 1 is 1.36 bits per heavy atom. The number of allylic oxidation sites excluding steroid dienone is 2. The molecule has 0 N–H and O–H groups in total. The highest BCUT2D eigenvalue weighted by atomic mass is 16.7. The molecule has 2 heteroatoms. The van der Waals surface area contributed by atoms with Crippen molar-refractivity contribution in [2.24, 2.45) is 0 Å². The SMILES string of the molecule is CCOC(C)OCCCCC1=CCC1. The van der Waals surface area contributed by atoms with Crippen LogP contribution in [0.25, 0.3) is 0 Å². The first kappa shape index (κ1) is 11.7. The summed E-state index contributed by atoms with van der Waals surface area (Å²) in [6, 6.07) is 0. The van der Waals surface area contributed by atoms with E-state index in [0.717, 1.165) is 19.6 Å². The van der Waals surface area contributed by atoms with Crippen LogP contribution in [0.4, 0.5) is 0 Å². The lowest BCUT2D eigenvalue weighted by Crippen LogP contribution is -2.13. The van der Waals surface area contributed by atoms with Gasteiger partial charge in [-0.15, -0.1) is 0 Å². The molecule has 0 aliphatic heterocycles. The van der Waals surface area contributed by atoms with Gasteiger partial charge in [-0.3, -0.25) is 0 Å². The number of hydrogen-bond acceptors (Lipinski definition) is 2. The number of ether oxygens (including phenoxy) is 2. The maximum atomic E-state index is 5.47. The van der Waals surface area contributed by atoms with Crippen molar-refractivity contribution in [1.82, 2.24) is 0 Å². The van der Waals surface area contributed by atoms with E-state index in [0.29, 0.717) is 0 Å². The van der Waals surface area contributed by atoms with Crippen molar-refractivity contribution in [3.05, 3.63) is 11.6 Å². The summed E-state index contributed by atoms with van der Waals surface area (Å²) in [4.78, 5) is 0. The zero-order chi connectivity index (χ0) is 10.2. The molecular formula is C12H22O2. The summed E-state index contributed by atoms with van der Waals surface area (Å²) in [5, 5.41) is 0. The van der Waals surface area contributed by atoms with Crippen molar-refractivity contribution in [1.29, 1.82) is 0 Å². The highest BCUT2D eigenvalue weighted by Crippen LogP contribution is 2.23. The van der Waals surface area contributed by atoms with E-state index in [1.54, 1.807) is 5.57 Å². The molecule has 1 aliphatic rings. The van der Waals surface area contributed by atoms with E-state index in [2.05, 4.69) is 6.08 Å².